The minimum atomic E-state index is -0.501. The van der Waals surface area contributed by atoms with Crippen molar-refractivity contribution in [3.63, 3.8) is 0 Å². The molecule has 0 radical (unpaired) electrons. The molecule has 0 heterocycles. The molecule has 2 aliphatic carbocycles. The van der Waals surface area contributed by atoms with Crippen LogP contribution in [0.2, 0.25) is 0 Å². The van der Waals surface area contributed by atoms with E-state index in [9.17, 15) is 0 Å². The minimum absolute atomic E-state index is 0.0779. The van der Waals surface area contributed by atoms with Crippen LogP contribution < -0.4 is 4.90 Å². The van der Waals surface area contributed by atoms with Crippen LogP contribution in [0.3, 0.4) is 0 Å². The highest BCUT2D eigenvalue weighted by atomic mass is 15.1. The summed E-state index contributed by atoms with van der Waals surface area (Å²) in [5.74, 6) is 0. The van der Waals surface area contributed by atoms with Gasteiger partial charge < -0.3 is 4.90 Å². The Bertz CT molecular complexity index is 2970. The van der Waals surface area contributed by atoms with Crippen LogP contribution in [0.25, 0.3) is 44.5 Å². The first kappa shape index (κ1) is 35.0. The highest BCUT2D eigenvalue weighted by Crippen LogP contribution is 2.59. The summed E-state index contributed by atoms with van der Waals surface area (Å²) in [5.41, 5.74) is 20.6. The molecule has 0 fully saturated rings. The van der Waals surface area contributed by atoms with Gasteiger partial charge in [0, 0.05) is 22.4 Å². The summed E-state index contributed by atoms with van der Waals surface area (Å²) in [6.45, 7) is 4.72. The molecule has 0 aliphatic heterocycles. The maximum absolute atomic E-state index is 2.49. The fourth-order valence-electron chi connectivity index (χ4n) is 10.3. The lowest BCUT2D eigenvalue weighted by atomic mass is 9.68. The summed E-state index contributed by atoms with van der Waals surface area (Å²) in [6, 6.07) is 83.0. The Balaban J connectivity index is 1.15. The van der Waals surface area contributed by atoms with Gasteiger partial charge in [-0.3, -0.25) is 0 Å². The Morgan fingerprint density at radius 2 is 0.797 bits per heavy atom. The normalized spacial score (nSPS) is 13.9. The molecule has 2 aliphatic rings. The van der Waals surface area contributed by atoms with Crippen molar-refractivity contribution in [1.82, 2.24) is 0 Å². The summed E-state index contributed by atoms with van der Waals surface area (Å²) >= 11 is 0. The van der Waals surface area contributed by atoms with Crippen LogP contribution in [0.5, 0.6) is 0 Å². The van der Waals surface area contributed by atoms with Crippen LogP contribution in [0, 0.1) is 0 Å². The van der Waals surface area contributed by atoms with E-state index < -0.39 is 5.41 Å². The first-order valence-electron chi connectivity index (χ1n) is 20.7. The molecule has 0 spiro atoms. The van der Waals surface area contributed by atoms with E-state index in [-0.39, 0.29) is 5.41 Å². The van der Waals surface area contributed by atoms with Crippen molar-refractivity contribution in [2.24, 2.45) is 0 Å². The van der Waals surface area contributed by atoms with Crippen molar-refractivity contribution in [1.29, 1.82) is 0 Å². The van der Waals surface area contributed by atoms with E-state index in [1.807, 2.05) is 0 Å². The second kappa shape index (κ2) is 13.7. The topological polar surface area (TPSA) is 3.24 Å². The average Bonchev–Trinajstić information content (AvgIpc) is 3.74. The van der Waals surface area contributed by atoms with Crippen molar-refractivity contribution in [2.45, 2.75) is 24.7 Å². The molecule has 0 bridgehead atoms. The average molecular weight is 754 g/mol. The van der Waals surface area contributed by atoms with Crippen molar-refractivity contribution in [2.75, 3.05) is 4.90 Å². The lowest BCUT2D eigenvalue weighted by Gasteiger charge is -2.34. The van der Waals surface area contributed by atoms with E-state index in [1.165, 1.54) is 77.9 Å². The number of hydrogen-bond donors (Lipinski definition) is 0. The van der Waals surface area contributed by atoms with E-state index in [4.69, 9.17) is 0 Å². The molecule has 0 N–H and O–H groups in total. The van der Waals surface area contributed by atoms with Gasteiger partial charge in [0.15, 0.2) is 0 Å². The van der Waals surface area contributed by atoms with E-state index in [2.05, 4.69) is 243 Å². The summed E-state index contributed by atoms with van der Waals surface area (Å²) < 4.78 is 0. The largest absolute Gasteiger partial charge is 0.310 e. The van der Waals surface area contributed by atoms with Crippen molar-refractivity contribution < 1.29 is 0 Å². The minimum Gasteiger partial charge on any atom is -0.310 e. The van der Waals surface area contributed by atoms with Crippen LogP contribution in [0.1, 0.15) is 47.2 Å². The highest BCUT2D eigenvalue weighted by Gasteiger charge is 2.47. The maximum Gasteiger partial charge on any atom is 0.0714 e. The summed E-state index contributed by atoms with van der Waals surface area (Å²) in [4.78, 5) is 2.49. The third kappa shape index (κ3) is 5.39. The molecule has 0 amide bonds. The van der Waals surface area contributed by atoms with E-state index in [0.717, 1.165) is 17.1 Å². The molecule has 0 aromatic heterocycles. The number of nitrogens with zero attached hydrogens (tertiary/aromatic N) is 1. The van der Waals surface area contributed by atoms with Gasteiger partial charge in [0.05, 0.1) is 11.1 Å². The number of fused-ring (bicyclic) bond motifs is 6. The zero-order valence-corrected chi connectivity index (χ0v) is 33.3. The number of hydrogen-bond acceptors (Lipinski definition) is 1. The van der Waals surface area contributed by atoms with Crippen LogP contribution in [0.4, 0.5) is 17.1 Å². The molecular formula is C58H43N. The van der Waals surface area contributed by atoms with Gasteiger partial charge in [-0.05, 0) is 109 Å². The quantitative estimate of drug-likeness (QED) is 0.157. The predicted molar refractivity (Wildman–Crippen MR) is 247 cm³/mol. The summed E-state index contributed by atoms with van der Waals surface area (Å²) in [5, 5.41) is 0. The molecule has 0 atom stereocenters. The molecule has 0 saturated carbocycles. The molecule has 11 rings (SSSR count). The molecule has 1 nitrogen and oxygen atoms in total. The van der Waals surface area contributed by atoms with Crippen molar-refractivity contribution in [3.05, 3.63) is 258 Å². The molecule has 9 aromatic carbocycles. The van der Waals surface area contributed by atoms with Crippen LogP contribution >= 0.6 is 0 Å². The molecule has 59 heavy (non-hydrogen) atoms. The third-order valence-corrected chi connectivity index (χ3v) is 12.9. The van der Waals surface area contributed by atoms with Gasteiger partial charge in [-0.25, -0.2) is 0 Å². The summed E-state index contributed by atoms with van der Waals surface area (Å²) in [6.07, 6.45) is 0. The van der Waals surface area contributed by atoms with Gasteiger partial charge in [0.2, 0.25) is 0 Å². The molecule has 0 unspecified atom stereocenters. The number of benzene rings is 9. The molecule has 0 saturated heterocycles. The van der Waals surface area contributed by atoms with Crippen molar-refractivity contribution in [3.8, 4) is 44.5 Å². The van der Waals surface area contributed by atoms with Gasteiger partial charge >= 0.3 is 0 Å². The van der Waals surface area contributed by atoms with Gasteiger partial charge in [-0.15, -0.1) is 0 Å². The second-order valence-corrected chi connectivity index (χ2v) is 16.5. The highest BCUT2D eigenvalue weighted by molar-refractivity contribution is 5.98. The number of anilines is 3. The maximum atomic E-state index is 2.49. The molecule has 9 aromatic rings. The van der Waals surface area contributed by atoms with E-state index in [0.29, 0.717) is 0 Å². The lowest BCUT2D eigenvalue weighted by molar-refractivity contribution is 0.660. The lowest BCUT2D eigenvalue weighted by Crippen LogP contribution is -2.28. The van der Waals surface area contributed by atoms with E-state index >= 15 is 0 Å². The van der Waals surface area contributed by atoms with Gasteiger partial charge in [-0.1, -0.05) is 202 Å². The molecule has 1 heteroatoms. The number of rotatable bonds is 7. The standard InChI is InChI=1S/C58H43N/c1-57(2)51-31-14-12-29-48(51)49-36-35-43(39-54(49)57)42-22-17-28-47(38-42)59(46-27-16-21-41(37-46)40-19-6-3-7-20-40)55-34-18-33-53-56(55)50-30-13-15-32-52(50)58(53,44-23-8-4-9-24-44)45-25-10-5-11-26-45/h3-39H,1-2H3. The zero-order chi connectivity index (χ0) is 39.6. The second-order valence-electron chi connectivity index (χ2n) is 16.5. The van der Waals surface area contributed by atoms with E-state index in [1.54, 1.807) is 0 Å². The Morgan fingerprint density at radius 1 is 0.322 bits per heavy atom. The van der Waals surface area contributed by atoms with Crippen LogP contribution in [-0.2, 0) is 10.8 Å². The van der Waals surface area contributed by atoms with Crippen LogP contribution in [0.15, 0.2) is 224 Å². The SMILES string of the molecule is CC1(C)c2ccccc2-c2ccc(-c3cccc(N(c4cccc(-c5ccccc5)c4)c4cccc5c4-c4ccccc4C5(c4ccccc4)c4ccccc4)c3)cc21. The van der Waals surface area contributed by atoms with Gasteiger partial charge in [0.25, 0.3) is 0 Å². The Labute approximate surface area is 347 Å². The monoisotopic (exact) mass is 753 g/mol. The Kier molecular flexibility index (Phi) is 8.13. The Morgan fingerprint density at radius 3 is 1.46 bits per heavy atom. The molecular weight excluding hydrogens is 711 g/mol. The van der Waals surface area contributed by atoms with Gasteiger partial charge in [0.1, 0.15) is 0 Å². The third-order valence-electron chi connectivity index (χ3n) is 12.9. The fraction of sp³-hybridized carbons (Fsp3) is 0.0690. The molecule has 280 valence electrons. The fourth-order valence-corrected chi connectivity index (χ4v) is 10.3. The van der Waals surface area contributed by atoms with Crippen molar-refractivity contribution >= 4 is 17.1 Å². The predicted octanol–water partition coefficient (Wildman–Crippen LogP) is 15.2. The van der Waals surface area contributed by atoms with Crippen LogP contribution in [-0.4, -0.2) is 0 Å². The summed E-state index contributed by atoms with van der Waals surface area (Å²) in [7, 11) is 0. The Hall–Kier alpha value is -7.22. The first-order valence-corrected chi connectivity index (χ1v) is 20.7. The smallest absolute Gasteiger partial charge is 0.0714 e. The van der Waals surface area contributed by atoms with Gasteiger partial charge in [-0.2, -0.15) is 0 Å². The zero-order valence-electron chi connectivity index (χ0n) is 33.3. The first-order chi connectivity index (χ1) is 29.0.